The molecular weight excluding hydrogens is 694 g/mol. The number of carbonyl (C=O) groups excluding carboxylic acids is 1. The molecule has 10 atom stereocenters. The van der Waals surface area contributed by atoms with Crippen molar-refractivity contribution in [1.82, 2.24) is 5.32 Å². The van der Waals surface area contributed by atoms with Crippen LogP contribution in [0.3, 0.4) is 0 Å². The average molecular weight is 758 g/mol. The normalized spacial score (nSPS) is 37.2. The SMILES string of the molecule is Cc1ccc(C2=CC[C@]3(C)[C@H]4CC[C@@H]5[C@H]6[C@H](C(C)CO)CC[C@]6(NC(=O)OCC6c7ccccc7-c7ccccc76)CC[C@@]5(C)[C@]4(C)CC[C@H]3C2(C)C)cc1F. The summed E-state index contributed by atoms with van der Waals surface area (Å²) in [7, 11) is 0. The minimum absolute atomic E-state index is 0.0299. The predicted octanol–water partition coefficient (Wildman–Crippen LogP) is 12.1. The summed E-state index contributed by atoms with van der Waals surface area (Å²) in [5.41, 5.74) is 8.04. The number of rotatable bonds is 6. The van der Waals surface area contributed by atoms with Crippen LogP contribution in [0, 0.1) is 69.9 Å². The third kappa shape index (κ3) is 5.34. The van der Waals surface area contributed by atoms with Crippen molar-refractivity contribution in [2.24, 2.45) is 57.2 Å². The predicted molar refractivity (Wildman–Crippen MR) is 223 cm³/mol. The lowest BCUT2D eigenvalue weighted by Crippen LogP contribution is -2.68. The number of hydrogen-bond donors (Lipinski definition) is 2. The van der Waals surface area contributed by atoms with E-state index in [1.54, 1.807) is 6.07 Å². The summed E-state index contributed by atoms with van der Waals surface area (Å²) < 4.78 is 21.1. The van der Waals surface area contributed by atoms with Gasteiger partial charge in [-0.1, -0.05) is 108 Å². The highest BCUT2D eigenvalue weighted by Gasteiger charge is 2.71. The molecule has 5 heteroatoms. The van der Waals surface area contributed by atoms with Crippen molar-refractivity contribution < 1.29 is 19.0 Å². The van der Waals surface area contributed by atoms with E-state index in [1.807, 2.05) is 13.0 Å². The number of alkyl carbamates (subject to hydrolysis) is 1. The number of amides is 1. The second kappa shape index (κ2) is 13.3. The number of aryl methyl sites for hydroxylation is 1. The van der Waals surface area contributed by atoms with E-state index in [9.17, 15) is 14.3 Å². The lowest BCUT2D eigenvalue weighted by Gasteiger charge is -2.72. The highest BCUT2D eigenvalue weighted by molar-refractivity contribution is 5.79. The standard InChI is InChI=1S/C51H64FNO3/c1-31-16-17-33(28-42(31)52)40-21-23-48(5)43(47(40,3)4)22-24-50(7)44(48)19-18-41-45-34(32(2)29-54)20-25-51(45,27-26-49(41,50)6)53-46(55)56-30-39-37-14-10-8-12-35(37)36-13-9-11-15-38(36)39/h8-17,21,28,32,34,39,41,43-45,54H,18-20,22-27,29-30H2,1-7H3,(H,53,55)/t32?,34-,41+,43-,44+,45+,48-,49+,50+,51-/m0/s1. The second-order valence-electron chi connectivity index (χ2n) is 20.7. The first-order chi connectivity index (χ1) is 26.7. The maximum absolute atomic E-state index is 14.9. The summed E-state index contributed by atoms with van der Waals surface area (Å²) in [4.78, 5) is 14.1. The van der Waals surface area contributed by atoms with Crippen LogP contribution in [0.1, 0.15) is 128 Å². The molecule has 1 amide bonds. The van der Waals surface area contributed by atoms with E-state index in [4.69, 9.17) is 4.74 Å². The molecule has 0 aliphatic heterocycles. The fourth-order valence-electron chi connectivity index (χ4n) is 15.3. The number of aliphatic hydroxyl groups excluding tert-OH is 1. The Bertz CT molecular complexity index is 2030. The number of halogens is 1. The molecule has 0 saturated heterocycles. The largest absolute Gasteiger partial charge is 0.449 e. The molecule has 298 valence electrons. The van der Waals surface area contributed by atoms with Crippen molar-refractivity contribution in [2.75, 3.05) is 13.2 Å². The molecule has 4 fully saturated rings. The number of aliphatic hydroxyl groups is 1. The minimum Gasteiger partial charge on any atom is -0.449 e. The topological polar surface area (TPSA) is 58.6 Å². The smallest absolute Gasteiger partial charge is 0.407 e. The van der Waals surface area contributed by atoms with E-state index < -0.39 is 0 Å². The molecule has 0 radical (unpaired) electrons. The molecule has 3 aromatic carbocycles. The zero-order valence-corrected chi connectivity index (χ0v) is 34.9. The Labute approximate surface area is 335 Å². The number of fused-ring (bicyclic) bond motifs is 10. The molecule has 0 aromatic heterocycles. The van der Waals surface area contributed by atoms with Crippen LogP contribution in [0.5, 0.6) is 0 Å². The van der Waals surface area contributed by atoms with Gasteiger partial charge in [-0.25, -0.2) is 9.18 Å². The molecule has 9 rings (SSSR count). The Kier molecular flexibility index (Phi) is 9.05. The molecule has 0 spiro atoms. The van der Waals surface area contributed by atoms with Crippen LogP contribution in [-0.4, -0.2) is 30.0 Å². The van der Waals surface area contributed by atoms with Gasteiger partial charge in [0, 0.05) is 18.1 Å². The monoisotopic (exact) mass is 757 g/mol. The minimum atomic E-state index is -0.321. The maximum atomic E-state index is 14.9. The summed E-state index contributed by atoms with van der Waals surface area (Å²) in [6.45, 7) is 17.3. The van der Waals surface area contributed by atoms with E-state index in [-0.39, 0.29) is 57.6 Å². The van der Waals surface area contributed by atoms with Crippen molar-refractivity contribution >= 4 is 11.7 Å². The molecule has 4 saturated carbocycles. The Balaban J connectivity index is 0.989. The lowest BCUT2D eigenvalue weighted by molar-refractivity contribution is -0.221. The summed E-state index contributed by atoms with van der Waals surface area (Å²) in [6, 6.07) is 22.9. The summed E-state index contributed by atoms with van der Waals surface area (Å²) >= 11 is 0. The van der Waals surface area contributed by atoms with Crippen molar-refractivity contribution in [2.45, 2.75) is 118 Å². The molecule has 1 unspecified atom stereocenters. The molecule has 0 heterocycles. The van der Waals surface area contributed by atoms with Gasteiger partial charge in [0.15, 0.2) is 0 Å². The van der Waals surface area contributed by atoms with Crippen LogP contribution in [0.25, 0.3) is 16.7 Å². The highest BCUT2D eigenvalue weighted by Crippen LogP contribution is 2.76. The van der Waals surface area contributed by atoms with Crippen molar-refractivity contribution in [3.05, 3.63) is 101 Å². The fourth-order valence-corrected chi connectivity index (χ4v) is 15.3. The van der Waals surface area contributed by atoms with E-state index in [0.29, 0.717) is 41.8 Å². The highest BCUT2D eigenvalue weighted by atomic mass is 19.1. The van der Waals surface area contributed by atoms with Crippen molar-refractivity contribution in [3.63, 3.8) is 0 Å². The number of allylic oxidation sites excluding steroid dienone is 2. The number of benzene rings is 3. The molecule has 56 heavy (non-hydrogen) atoms. The van der Waals surface area contributed by atoms with Gasteiger partial charge in [-0.15, -0.1) is 0 Å². The van der Waals surface area contributed by atoms with Gasteiger partial charge in [0.05, 0.1) is 0 Å². The fraction of sp³-hybridized carbons (Fsp3) is 0.588. The van der Waals surface area contributed by atoms with E-state index in [0.717, 1.165) is 44.1 Å². The Morgan fingerprint density at radius 3 is 2.23 bits per heavy atom. The summed E-state index contributed by atoms with van der Waals surface area (Å²) in [5, 5.41) is 14.2. The molecule has 6 aliphatic rings. The number of carbonyl (C=O) groups is 1. The average Bonchev–Trinajstić information content (AvgIpc) is 3.71. The van der Waals surface area contributed by atoms with Crippen molar-refractivity contribution in [1.29, 1.82) is 0 Å². The Morgan fingerprint density at radius 2 is 1.55 bits per heavy atom. The van der Waals surface area contributed by atoms with Gasteiger partial charge in [0.2, 0.25) is 0 Å². The maximum Gasteiger partial charge on any atom is 0.407 e. The third-order valence-corrected chi connectivity index (χ3v) is 18.3. The number of hydrogen-bond acceptors (Lipinski definition) is 3. The molecule has 6 aliphatic carbocycles. The van der Waals surface area contributed by atoms with Crippen LogP contribution in [-0.2, 0) is 4.74 Å². The first-order valence-corrected chi connectivity index (χ1v) is 21.9. The van der Waals surface area contributed by atoms with Gasteiger partial charge in [-0.05, 0) is 167 Å². The van der Waals surface area contributed by atoms with E-state index in [2.05, 4.69) is 108 Å². The summed E-state index contributed by atoms with van der Waals surface area (Å²) in [5.74, 6) is 2.33. The van der Waals surface area contributed by atoms with Crippen LogP contribution in [0.15, 0.2) is 72.8 Å². The first-order valence-electron chi connectivity index (χ1n) is 21.9. The van der Waals surface area contributed by atoms with Crippen LogP contribution < -0.4 is 5.32 Å². The number of nitrogens with one attached hydrogen (secondary N) is 1. The molecular formula is C51H64FNO3. The molecule has 4 nitrogen and oxygen atoms in total. The third-order valence-electron chi connectivity index (χ3n) is 18.3. The summed E-state index contributed by atoms with van der Waals surface area (Å²) in [6.07, 6.45) is 12.0. The van der Waals surface area contributed by atoms with Crippen LogP contribution in [0.4, 0.5) is 9.18 Å². The number of ether oxygens (including phenoxy) is 1. The van der Waals surface area contributed by atoms with Gasteiger partial charge in [-0.3, -0.25) is 0 Å². The van der Waals surface area contributed by atoms with Crippen molar-refractivity contribution in [3.8, 4) is 11.1 Å². The van der Waals surface area contributed by atoms with E-state index in [1.165, 1.54) is 47.1 Å². The zero-order chi connectivity index (χ0) is 39.4. The Morgan fingerprint density at radius 1 is 0.857 bits per heavy atom. The van der Waals surface area contributed by atoms with Gasteiger partial charge < -0.3 is 15.2 Å². The van der Waals surface area contributed by atoms with Gasteiger partial charge in [0.25, 0.3) is 0 Å². The van der Waals surface area contributed by atoms with E-state index >= 15 is 0 Å². The van der Waals surface area contributed by atoms with Gasteiger partial charge in [0.1, 0.15) is 12.4 Å². The Hall–Kier alpha value is -3.44. The van der Waals surface area contributed by atoms with Crippen LogP contribution >= 0.6 is 0 Å². The zero-order valence-electron chi connectivity index (χ0n) is 34.9. The molecule has 3 aromatic rings. The lowest BCUT2D eigenvalue weighted by atomic mass is 9.33. The van der Waals surface area contributed by atoms with Gasteiger partial charge >= 0.3 is 6.09 Å². The molecule has 2 N–H and O–H groups in total. The first kappa shape index (κ1) is 38.1. The second-order valence-corrected chi connectivity index (χ2v) is 20.7. The van der Waals surface area contributed by atoms with Gasteiger partial charge in [-0.2, -0.15) is 0 Å². The quantitative estimate of drug-likeness (QED) is 0.263. The van der Waals surface area contributed by atoms with Crippen LogP contribution in [0.2, 0.25) is 0 Å². The molecule has 0 bridgehead atoms.